The van der Waals surface area contributed by atoms with Gasteiger partial charge in [0.15, 0.2) is 0 Å². The third-order valence-corrected chi connectivity index (χ3v) is 3.41. The average molecular weight is 292 g/mol. The Morgan fingerprint density at radius 2 is 2.24 bits per heavy atom. The molecule has 1 aromatic heterocycles. The van der Waals surface area contributed by atoms with Crippen LogP contribution in [0.5, 0.6) is 0 Å². The number of ether oxygens (including phenoxy) is 1. The van der Waals surface area contributed by atoms with Gasteiger partial charge in [-0.3, -0.25) is 4.98 Å². The van der Waals surface area contributed by atoms with E-state index in [9.17, 15) is 4.79 Å². The van der Waals surface area contributed by atoms with Crippen molar-refractivity contribution in [2.24, 2.45) is 5.92 Å². The quantitative estimate of drug-likeness (QED) is 0.854. The number of aromatic nitrogens is 2. The Kier molecular flexibility index (Phi) is 4.65. The normalized spacial score (nSPS) is 18.7. The maximum absolute atomic E-state index is 12.0. The Hall–Kier alpha value is -1.85. The minimum atomic E-state index is -0.439. The van der Waals surface area contributed by atoms with Gasteiger partial charge >= 0.3 is 6.09 Å². The molecule has 0 N–H and O–H groups in total. The van der Waals surface area contributed by atoms with Crippen LogP contribution in [0.25, 0.3) is 0 Å². The van der Waals surface area contributed by atoms with Crippen molar-refractivity contribution in [3.63, 3.8) is 0 Å². The minimum Gasteiger partial charge on any atom is -0.444 e. The molecule has 116 valence electrons. The first kappa shape index (κ1) is 15.5. The zero-order valence-corrected chi connectivity index (χ0v) is 13.2. The van der Waals surface area contributed by atoms with E-state index in [0.717, 1.165) is 31.9 Å². The Balaban J connectivity index is 1.84. The molecule has 0 spiro atoms. The number of carbonyl (C=O) groups excluding carboxylic acids is 1. The third kappa shape index (κ3) is 4.58. The minimum absolute atomic E-state index is 0.216. The number of rotatable bonds is 3. The van der Waals surface area contributed by atoms with Crippen molar-refractivity contribution in [2.45, 2.75) is 32.8 Å². The number of likely N-dealkylation sites (tertiary alicyclic amines) is 1. The second-order valence-corrected chi connectivity index (χ2v) is 6.53. The van der Waals surface area contributed by atoms with Crippen molar-refractivity contribution in [1.82, 2.24) is 14.9 Å². The third-order valence-electron chi connectivity index (χ3n) is 3.41. The fourth-order valence-corrected chi connectivity index (χ4v) is 2.44. The highest BCUT2D eigenvalue weighted by atomic mass is 16.6. The van der Waals surface area contributed by atoms with Gasteiger partial charge in [-0.2, -0.15) is 0 Å². The molecular formula is C15H24N4O2. The van der Waals surface area contributed by atoms with Gasteiger partial charge in [-0.1, -0.05) is 0 Å². The predicted molar refractivity (Wildman–Crippen MR) is 81.2 cm³/mol. The largest absolute Gasteiger partial charge is 0.444 e. The molecule has 0 radical (unpaired) electrons. The molecule has 0 bridgehead atoms. The van der Waals surface area contributed by atoms with Gasteiger partial charge in [0, 0.05) is 39.1 Å². The van der Waals surface area contributed by atoms with E-state index in [1.54, 1.807) is 23.5 Å². The Bertz CT molecular complexity index is 472. The van der Waals surface area contributed by atoms with Crippen LogP contribution in [0.4, 0.5) is 10.6 Å². The molecule has 0 aromatic carbocycles. The lowest BCUT2D eigenvalue weighted by atomic mass is 10.1. The van der Waals surface area contributed by atoms with E-state index in [4.69, 9.17) is 4.74 Å². The first-order valence-electron chi connectivity index (χ1n) is 7.30. The zero-order valence-electron chi connectivity index (χ0n) is 13.2. The molecule has 21 heavy (non-hydrogen) atoms. The number of anilines is 1. The van der Waals surface area contributed by atoms with E-state index < -0.39 is 5.60 Å². The summed E-state index contributed by atoms with van der Waals surface area (Å²) in [5.74, 6) is 1.29. The van der Waals surface area contributed by atoms with Crippen LogP contribution in [0.3, 0.4) is 0 Å². The molecule has 6 heteroatoms. The van der Waals surface area contributed by atoms with Gasteiger partial charge in [0.2, 0.25) is 0 Å². The molecule has 2 rings (SSSR count). The lowest BCUT2D eigenvalue weighted by molar-refractivity contribution is 0.0288. The van der Waals surface area contributed by atoms with Crippen molar-refractivity contribution >= 4 is 11.9 Å². The molecule has 1 amide bonds. The van der Waals surface area contributed by atoms with Gasteiger partial charge in [-0.05, 0) is 33.1 Å². The van der Waals surface area contributed by atoms with Crippen molar-refractivity contribution in [1.29, 1.82) is 0 Å². The van der Waals surface area contributed by atoms with Gasteiger partial charge < -0.3 is 14.5 Å². The van der Waals surface area contributed by atoms with Crippen molar-refractivity contribution in [3.05, 3.63) is 18.6 Å². The van der Waals surface area contributed by atoms with Gasteiger partial charge in [-0.25, -0.2) is 9.78 Å². The average Bonchev–Trinajstić information content (AvgIpc) is 2.86. The van der Waals surface area contributed by atoms with Crippen LogP contribution in [-0.2, 0) is 4.74 Å². The van der Waals surface area contributed by atoms with Crippen molar-refractivity contribution in [2.75, 3.05) is 31.6 Å². The molecule has 1 atom stereocenters. The summed E-state index contributed by atoms with van der Waals surface area (Å²) >= 11 is 0. The van der Waals surface area contributed by atoms with Crippen LogP contribution in [0.15, 0.2) is 18.6 Å². The molecule has 1 aliphatic heterocycles. The van der Waals surface area contributed by atoms with Gasteiger partial charge in [0.1, 0.15) is 11.4 Å². The molecule has 1 saturated heterocycles. The number of amides is 1. The summed E-state index contributed by atoms with van der Waals surface area (Å²) < 4.78 is 5.41. The van der Waals surface area contributed by atoms with Crippen LogP contribution in [0.2, 0.25) is 0 Å². The second-order valence-electron chi connectivity index (χ2n) is 6.53. The van der Waals surface area contributed by atoms with E-state index in [0.29, 0.717) is 5.92 Å². The number of hydrogen-bond donors (Lipinski definition) is 0. The van der Waals surface area contributed by atoms with Gasteiger partial charge in [0.25, 0.3) is 0 Å². The van der Waals surface area contributed by atoms with E-state index in [1.807, 2.05) is 27.8 Å². The monoisotopic (exact) mass is 292 g/mol. The Morgan fingerprint density at radius 1 is 1.48 bits per heavy atom. The summed E-state index contributed by atoms with van der Waals surface area (Å²) in [6.45, 7) is 8.02. The SMILES string of the molecule is CN(C[C@@H]1CCN(C(=O)OC(C)(C)C)C1)c1cnccn1. The second kappa shape index (κ2) is 6.28. The molecular weight excluding hydrogens is 268 g/mol. The fraction of sp³-hybridized carbons (Fsp3) is 0.667. The van der Waals surface area contributed by atoms with Crippen LogP contribution >= 0.6 is 0 Å². The van der Waals surface area contributed by atoms with Gasteiger partial charge in [0.05, 0.1) is 6.20 Å². The maximum atomic E-state index is 12.0. The Labute approximate surface area is 126 Å². The smallest absolute Gasteiger partial charge is 0.410 e. The van der Waals surface area contributed by atoms with E-state index in [-0.39, 0.29) is 6.09 Å². The maximum Gasteiger partial charge on any atom is 0.410 e. The lowest BCUT2D eigenvalue weighted by Crippen LogP contribution is -2.36. The summed E-state index contributed by atoms with van der Waals surface area (Å²) in [6, 6.07) is 0. The van der Waals surface area contributed by atoms with E-state index in [1.165, 1.54) is 0 Å². The molecule has 6 nitrogen and oxygen atoms in total. The molecule has 0 saturated carbocycles. The molecule has 0 aliphatic carbocycles. The molecule has 1 aliphatic rings. The summed E-state index contributed by atoms with van der Waals surface area (Å²) in [6.07, 6.45) is 5.88. The van der Waals surface area contributed by atoms with Crippen LogP contribution in [0, 0.1) is 5.92 Å². The van der Waals surface area contributed by atoms with Crippen molar-refractivity contribution in [3.8, 4) is 0 Å². The summed E-state index contributed by atoms with van der Waals surface area (Å²) in [7, 11) is 2.00. The first-order valence-corrected chi connectivity index (χ1v) is 7.30. The molecule has 2 heterocycles. The van der Waals surface area contributed by atoms with Crippen LogP contribution in [0.1, 0.15) is 27.2 Å². The van der Waals surface area contributed by atoms with E-state index >= 15 is 0 Å². The topological polar surface area (TPSA) is 58.6 Å². The van der Waals surface area contributed by atoms with Crippen LogP contribution < -0.4 is 4.90 Å². The summed E-state index contributed by atoms with van der Waals surface area (Å²) in [5, 5.41) is 0. The standard InChI is InChI=1S/C15H24N4O2/c1-15(2,3)21-14(20)19-8-5-12(11-19)10-18(4)13-9-16-6-7-17-13/h6-7,9,12H,5,8,10-11H2,1-4H3/t12-/m0/s1. The predicted octanol–water partition coefficient (Wildman–Crippen LogP) is 2.17. The molecule has 1 fully saturated rings. The lowest BCUT2D eigenvalue weighted by Gasteiger charge is -2.25. The zero-order chi connectivity index (χ0) is 15.5. The number of carbonyl (C=O) groups is 1. The Morgan fingerprint density at radius 3 is 2.86 bits per heavy atom. The summed E-state index contributed by atoms with van der Waals surface area (Å²) in [5.41, 5.74) is -0.439. The molecule has 0 unspecified atom stereocenters. The highest BCUT2D eigenvalue weighted by Crippen LogP contribution is 2.21. The van der Waals surface area contributed by atoms with E-state index in [2.05, 4.69) is 14.9 Å². The number of nitrogens with zero attached hydrogens (tertiary/aromatic N) is 4. The highest BCUT2D eigenvalue weighted by Gasteiger charge is 2.30. The fourth-order valence-electron chi connectivity index (χ4n) is 2.44. The molecule has 1 aromatic rings. The summed E-state index contributed by atoms with van der Waals surface area (Å²) in [4.78, 5) is 24.3. The van der Waals surface area contributed by atoms with Crippen molar-refractivity contribution < 1.29 is 9.53 Å². The highest BCUT2D eigenvalue weighted by molar-refractivity contribution is 5.68. The van der Waals surface area contributed by atoms with Crippen LogP contribution in [-0.4, -0.2) is 53.2 Å². The van der Waals surface area contributed by atoms with Gasteiger partial charge in [-0.15, -0.1) is 0 Å². The first-order chi connectivity index (χ1) is 9.85. The number of hydrogen-bond acceptors (Lipinski definition) is 5.